The molecule has 1 fully saturated rings. The van der Waals surface area contributed by atoms with Gasteiger partial charge in [-0.25, -0.2) is 0 Å². The number of likely N-dealkylation sites (tertiary alicyclic amines) is 1. The van der Waals surface area contributed by atoms with Gasteiger partial charge in [-0.3, -0.25) is 19.0 Å². The molecule has 0 atom stereocenters. The van der Waals surface area contributed by atoms with E-state index in [4.69, 9.17) is 4.74 Å². The molecule has 6 nitrogen and oxygen atoms in total. The molecular weight excluding hydrogens is 444 g/mol. The number of amides is 1. The van der Waals surface area contributed by atoms with E-state index >= 15 is 0 Å². The predicted octanol–water partition coefficient (Wildman–Crippen LogP) is 2.48. The molecule has 3 heterocycles. The van der Waals surface area contributed by atoms with E-state index in [1.807, 2.05) is 21.7 Å². The molecule has 0 radical (unpaired) electrons. The average Bonchev–Trinajstić information content (AvgIpc) is 3.43. The van der Waals surface area contributed by atoms with Crippen LogP contribution in [0.2, 0.25) is 0 Å². The van der Waals surface area contributed by atoms with Gasteiger partial charge in [-0.1, -0.05) is 12.1 Å². The molecule has 0 unspecified atom stereocenters. The molecular formula is C24H24N2O4S2. The van der Waals surface area contributed by atoms with E-state index in [-0.39, 0.29) is 23.8 Å². The zero-order chi connectivity index (χ0) is 22.5. The second kappa shape index (κ2) is 10.1. The summed E-state index contributed by atoms with van der Waals surface area (Å²) < 4.78 is 7.68. The maximum atomic E-state index is 13.2. The second-order valence-electron chi connectivity index (χ2n) is 7.55. The number of rotatable bonds is 6. The quantitative estimate of drug-likeness (QED) is 0.522. The molecule has 1 aliphatic rings. The number of hydrogen-bond donors (Lipinski definition) is 0. The van der Waals surface area contributed by atoms with Crippen LogP contribution in [0.1, 0.15) is 35.2 Å². The number of Topliss-reactive ketones (excluding diaryl/α,β-unsaturated/α-hetero) is 1. The van der Waals surface area contributed by atoms with Gasteiger partial charge in [0.2, 0.25) is 5.91 Å². The van der Waals surface area contributed by atoms with Crippen LogP contribution in [0.4, 0.5) is 0 Å². The highest BCUT2D eigenvalue weighted by Crippen LogP contribution is 2.18. The lowest BCUT2D eigenvalue weighted by atomic mass is 10.1. The number of piperidine rings is 1. The van der Waals surface area contributed by atoms with Crippen molar-refractivity contribution in [3.05, 3.63) is 71.8 Å². The standard InChI is InChI=1S/C24H24N2O4S2/c1-30-20-8-4-3-7-18(20)19(27)14-23-26(15-22(28)25-10-5-2-6-11-25)24(29)21(32-23)13-17-9-12-31-16-17/h3-4,7-9,12-14,16H,2,5-6,10-11,15H2,1H3/b21-13-,23-14-. The third-order valence-electron chi connectivity index (χ3n) is 5.41. The summed E-state index contributed by atoms with van der Waals surface area (Å²) in [6, 6.07) is 8.89. The summed E-state index contributed by atoms with van der Waals surface area (Å²) in [6.07, 6.45) is 6.31. The van der Waals surface area contributed by atoms with Crippen molar-refractivity contribution in [2.75, 3.05) is 20.2 Å². The zero-order valence-electron chi connectivity index (χ0n) is 17.8. The van der Waals surface area contributed by atoms with Gasteiger partial charge in [0.1, 0.15) is 17.0 Å². The molecule has 3 aromatic rings. The smallest absolute Gasteiger partial charge is 0.269 e. The number of aromatic nitrogens is 1. The molecule has 0 bridgehead atoms. The highest BCUT2D eigenvalue weighted by molar-refractivity contribution is 7.08. The fourth-order valence-corrected chi connectivity index (χ4v) is 5.38. The van der Waals surface area contributed by atoms with E-state index in [1.165, 1.54) is 29.1 Å². The summed E-state index contributed by atoms with van der Waals surface area (Å²) in [5.41, 5.74) is 1.07. The summed E-state index contributed by atoms with van der Waals surface area (Å²) in [5, 5.41) is 3.89. The monoisotopic (exact) mass is 468 g/mol. The number of ether oxygens (including phenoxy) is 1. The Morgan fingerprint density at radius 1 is 1.12 bits per heavy atom. The van der Waals surface area contributed by atoms with Gasteiger partial charge in [-0.15, -0.1) is 11.3 Å². The van der Waals surface area contributed by atoms with E-state index in [2.05, 4.69) is 0 Å². The van der Waals surface area contributed by atoms with E-state index in [0.29, 0.717) is 33.6 Å². The number of para-hydroxylation sites is 1. The SMILES string of the molecule is COc1ccccc1C(=O)/C=c1\s/c(=C\c2ccsc2)c(=O)n1CC(=O)N1CCCCC1. The molecule has 1 aliphatic heterocycles. The van der Waals surface area contributed by atoms with Gasteiger partial charge in [0.05, 0.1) is 17.2 Å². The Morgan fingerprint density at radius 2 is 1.91 bits per heavy atom. The number of hydrogen-bond acceptors (Lipinski definition) is 6. The molecule has 8 heteroatoms. The summed E-state index contributed by atoms with van der Waals surface area (Å²) in [4.78, 5) is 40.9. The van der Waals surface area contributed by atoms with Crippen molar-refractivity contribution in [2.45, 2.75) is 25.8 Å². The van der Waals surface area contributed by atoms with Gasteiger partial charge < -0.3 is 9.64 Å². The summed E-state index contributed by atoms with van der Waals surface area (Å²) in [5.74, 6) is 0.102. The maximum Gasteiger partial charge on any atom is 0.269 e. The van der Waals surface area contributed by atoms with Crippen LogP contribution in [-0.2, 0) is 11.3 Å². The lowest BCUT2D eigenvalue weighted by molar-refractivity contribution is -0.132. The minimum absolute atomic E-state index is 0.0716. The first-order valence-electron chi connectivity index (χ1n) is 10.5. The lowest BCUT2D eigenvalue weighted by Gasteiger charge is -2.26. The summed E-state index contributed by atoms with van der Waals surface area (Å²) >= 11 is 2.77. The fraction of sp³-hybridized carbons (Fsp3) is 0.292. The number of thiazole rings is 1. The van der Waals surface area contributed by atoms with Gasteiger partial charge in [0.25, 0.3) is 5.56 Å². The zero-order valence-corrected chi connectivity index (χ0v) is 19.4. The number of ketones is 1. The lowest BCUT2D eigenvalue weighted by Crippen LogP contribution is -2.42. The minimum Gasteiger partial charge on any atom is -0.496 e. The maximum absolute atomic E-state index is 13.2. The molecule has 1 aromatic carbocycles. The minimum atomic E-state index is -0.273. The molecule has 166 valence electrons. The normalized spacial score (nSPS) is 15.2. The first-order chi connectivity index (χ1) is 15.6. The van der Waals surface area contributed by atoms with E-state index in [1.54, 1.807) is 41.7 Å². The van der Waals surface area contributed by atoms with Crippen LogP contribution in [0.15, 0.2) is 45.9 Å². The van der Waals surface area contributed by atoms with Crippen molar-refractivity contribution in [3.63, 3.8) is 0 Å². The number of nitrogens with zero attached hydrogens (tertiary/aromatic N) is 2. The molecule has 2 aromatic heterocycles. The van der Waals surface area contributed by atoms with Gasteiger partial charge in [0.15, 0.2) is 5.78 Å². The predicted molar refractivity (Wildman–Crippen MR) is 128 cm³/mol. The van der Waals surface area contributed by atoms with Gasteiger partial charge in [0, 0.05) is 19.2 Å². The Labute approximate surface area is 193 Å². The Kier molecular flexibility index (Phi) is 7.02. The number of carbonyl (C=O) groups is 2. The topological polar surface area (TPSA) is 68.6 Å². The van der Waals surface area contributed by atoms with E-state index in [0.717, 1.165) is 24.8 Å². The Morgan fingerprint density at radius 3 is 2.62 bits per heavy atom. The van der Waals surface area contributed by atoms with E-state index < -0.39 is 0 Å². The molecule has 32 heavy (non-hydrogen) atoms. The second-order valence-corrected chi connectivity index (χ2v) is 9.39. The molecule has 0 spiro atoms. The molecule has 4 rings (SSSR count). The van der Waals surface area contributed by atoms with Crippen LogP contribution in [-0.4, -0.2) is 41.4 Å². The summed E-state index contributed by atoms with van der Waals surface area (Å²) in [6.45, 7) is 1.35. The molecule has 1 amide bonds. The largest absolute Gasteiger partial charge is 0.496 e. The van der Waals surface area contributed by atoms with Crippen LogP contribution < -0.4 is 19.5 Å². The van der Waals surface area contributed by atoms with Crippen LogP contribution in [0.3, 0.4) is 0 Å². The highest BCUT2D eigenvalue weighted by atomic mass is 32.1. The molecule has 1 saturated heterocycles. The number of methoxy groups -OCH3 is 1. The van der Waals surface area contributed by atoms with Gasteiger partial charge in [-0.2, -0.15) is 11.3 Å². The van der Waals surface area contributed by atoms with Gasteiger partial charge in [-0.05, 0) is 59.9 Å². The number of benzene rings is 1. The average molecular weight is 469 g/mol. The van der Waals surface area contributed by atoms with Crippen molar-refractivity contribution in [2.24, 2.45) is 0 Å². The van der Waals surface area contributed by atoms with Crippen LogP contribution in [0.25, 0.3) is 12.2 Å². The third kappa shape index (κ3) is 4.92. The third-order valence-corrected chi connectivity index (χ3v) is 7.17. The van der Waals surface area contributed by atoms with Gasteiger partial charge >= 0.3 is 0 Å². The van der Waals surface area contributed by atoms with Crippen molar-refractivity contribution >= 4 is 46.5 Å². The Balaban J connectivity index is 1.77. The van der Waals surface area contributed by atoms with Crippen LogP contribution >= 0.6 is 22.7 Å². The molecule has 0 saturated carbocycles. The first-order valence-corrected chi connectivity index (χ1v) is 12.2. The molecule has 0 N–H and O–H groups in total. The van der Waals surface area contributed by atoms with Crippen LogP contribution in [0.5, 0.6) is 5.75 Å². The van der Waals surface area contributed by atoms with Crippen molar-refractivity contribution in [1.29, 1.82) is 0 Å². The molecule has 0 aliphatic carbocycles. The Hall–Kier alpha value is -2.97. The van der Waals surface area contributed by atoms with Crippen molar-refractivity contribution in [1.82, 2.24) is 9.47 Å². The highest BCUT2D eigenvalue weighted by Gasteiger charge is 2.19. The summed E-state index contributed by atoms with van der Waals surface area (Å²) in [7, 11) is 1.51. The van der Waals surface area contributed by atoms with Crippen LogP contribution in [0, 0.1) is 0 Å². The van der Waals surface area contributed by atoms with E-state index in [9.17, 15) is 14.4 Å². The van der Waals surface area contributed by atoms with Crippen molar-refractivity contribution < 1.29 is 14.3 Å². The fourth-order valence-electron chi connectivity index (χ4n) is 3.72. The Bertz CT molecular complexity index is 1280. The first kappa shape index (κ1) is 22.2. The number of thiophene rings is 1. The van der Waals surface area contributed by atoms with Crippen molar-refractivity contribution in [3.8, 4) is 5.75 Å². The number of carbonyl (C=O) groups excluding carboxylic acids is 2.